The van der Waals surface area contributed by atoms with E-state index in [-0.39, 0.29) is 0 Å². The predicted octanol–water partition coefficient (Wildman–Crippen LogP) is 3.17. The summed E-state index contributed by atoms with van der Waals surface area (Å²) in [5, 5.41) is 3.27. The molecule has 0 aliphatic heterocycles. The Bertz CT molecular complexity index is 602. The van der Waals surface area contributed by atoms with Crippen molar-refractivity contribution in [1.82, 2.24) is 0 Å². The fourth-order valence-electron chi connectivity index (χ4n) is 1.81. The van der Waals surface area contributed by atoms with Crippen molar-refractivity contribution in [3.8, 4) is 23.8 Å². The Balaban J connectivity index is 1.83. The minimum Gasteiger partial charge on any atom is -0.493 e. The molecule has 0 unspecified atom stereocenters. The van der Waals surface area contributed by atoms with Crippen LogP contribution in [0.1, 0.15) is 5.56 Å². The lowest BCUT2D eigenvalue weighted by atomic mass is 10.2. The van der Waals surface area contributed by atoms with Gasteiger partial charge < -0.3 is 14.8 Å². The predicted molar refractivity (Wildman–Crippen MR) is 81.4 cm³/mol. The van der Waals surface area contributed by atoms with Gasteiger partial charge in [0.25, 0.3) is 0 Å². The highest BCUT2D eigenvalue weighted by molar-refractivity contribution is 5.50. The fraction of sp³-hybridized carbons (Fsp3) is 0.176. The van der Waals surface area contributed by atoms with Gasteiger partial charge in [0, 0.05) is 17.8 Å². The third-order valence-corrected chi connectivity index (χ3v) is 2.79. The molecule has 0 fully saturated rings. The molecule has 0 saturated carbocycles. The Labute approximate surface area is 119 Å². The van der Waals surface area contributed by atoms with Crippen LogP contribution in [-0.4, -0.2) is 20.3 Å². The van der Waals surface area contributed by atoms with E-state index in [2.05, 4.69) is 11.2 Å². The molecule has 0 aromatic heterocycles. The van der Waals surface area contributed by atoms with Gasteiger partial charge in [0.1, 0.15) is 6.61 Å². The van der Waals surface area contributed by atoms with Gasteiger partial charge in [0.2, 0.25) is 0 Å². The SMILES string of the molecule is C#Cc1cccc(NCCOc2ccccc2OC)c1. The van der Waals surface area contributed by atoms with Gasteiger partial charge >= 0.3 is 0 Å². The number of methoxy groups -OCH3 is 1. The highest BCUT2D eigenvalue weighted by atomic mass is 16.5. The van der Waals surface area contributed by atoms with Crippen molar-refractivity contribution in [2.24, 2.45) is 0 Å². The molecule has 0 heterocycles. The number of rotatable bonds is 6. The summed E-state index contributed by atoms with van der Waals surface area (Å²) in [5.41, 5.74) is 1.85. The second-order valence-corrected chi connectivity index (χ2v) is 4.15. The van der Waals surface area contributed by atoms with Crippen LogP contribution < -0.4 is 14.8 Å². The van der Waals surface area contributed by atoms with E-state index in [0.717, 1.165) is 22.7 Å². The van der Waals surface area contributed by atoms with E-state index in [1.165, 1.54) is 0 Å². The molecule has 3 nitrogen and oxygen atoms in total. The minimum absolute atomic E-state index is 0.542. The maximum Gasteiger partial charge on any atom is 0.161 e. The van der Waals surface area contributed by atoms with E-state index in [0.29, 0.717) is 13.2 Å². The molecule has 3 heteroatoms. The quantitative estimate of drug-likeness (QED) is 0.644. The molecular formula is C17H17NO2. The largest absolute Gasteiger partial charge is 0.493 e. The molecule has 2 rings (SSSR count). The van der Waals surface area contributed by atoms with Crippen molar-refractivity contribution < 1.29 is 9.47 Å². The van der Waals surface area contributed by atoms with Gasteiger partial charge in [0.15, 0.2) is 11.5 Å². The Morgan fingerprint density at radius 2 is 1.90 bits per heavy atom. The van der Waals surface area contributed by atoms with Crippen molar-refractivity contribution in [2.75, 3.05) is 25.6 Å². The minimum atomic E-state index is 0.542. The third kappa shape index (κ3) is 3.69. The van der Waals surface area contributed by atoms with E-state index >= 15 is 0 Å². The number of anilines is 1. The Hall–Kier alpha value is -2.60. The van der Waals surface area contributed by atoms with Crippen LogP contribution in [0.5, 0.6) is 11.5 Å². The lowest BCUT2D eigenvalue weighted by Crippen LogP contribution is -2.11. The van der Waals surface area contributed by atoms with Crippen LogP contribution in [0.15, 0.2) is 48.5 Å². The Kier molecular flexibility index (Phi) is 4.91. The summed E-state index contributed by atoms with van der Waals surface area (Å²) in [6.07, 6.45) is 5.37. The van der Waals surface area contributed by atoms with E-state index in [4.69, 9.17) is 15.9 Å². The van der Waals surface area contributed by atoms with Crippen molar-refractivity contribution in [1.29, 1.82) is 0 Å². The molecule has 0 atom stereocenters. The number of nitrogens with one attached hydrogen (secondary N) is 1. The second-order valence-electron chi connectivity index (χ2n) is 4.15. The lowest BCUT2D eigenvalue weighted by Gasteiger charge is -2.11. The van der Waals surface area contributed by atoms with Crippen LogP contribution >= 0.6 is 0 Å². The summed E-state index contributed by atoms with van der Waals surface area (Å²) in [5.74, 6) is 4.09. The molecule has 1 N–H and O–H groups in total. The van der Waals surface area contributed by atoms with E-state index < -0.39 is 0 Å². The molecule has 0 radical (unpaired) electrons. The normalized spacial score (nSPS) is 9.60. The molecule has 0 bridgehead atoms. The molecule has 0 aliphatic carbocycles. The molecule has 102 valence electrons. The van der Waals surface area contributed by atoms with E-state index in [1.54, 1.807) is 7.11 Å². The van der Waals surface area contributed by atoms with E-state index in [1.807, 2.05) is 48.5 Å². The zero-order chi connectivity index (χ0) is 14.2. The maximum atomic E-state index is 5.68. The molecule has 0 amide bonds. The fourth-order valence-corrected chi connectivity index (χ4v) is 1.81. The first kappa shape index (κ1) is 13.8. The summed E-state index contributed by atoms with van der Waals surface area (Å²) in [4.78, 5) is 0. The standard InChI is InChI=1S/C17H17NO2/c1-3-14-7-6-8-15(13-14)18-11-12-20-17-10-5-4-9-16(17)19-2/h1,4-10,13,18H,11-12H2,2H3. The lowest BCUT2D eigenvalue weighted by molar-refractivity contribution is 0.306. The summed E-state index contributed by atoms with van der Waals surface area (Å²) >= 11 is 0. The van der Waals surface area contributed by atoms with Crippen molar-refractivity contribution in [3.63, 3.8) is 0 Å². The van der Waals surface area contributed by atoms with Gasteiger partial charge in [-0.2, -0.15) is 0 Å². The Morgan fingerprint density at radius 1 is 1.10 bits per heavy atom. The van der Waals surface area contributed by atoms with Gasteiger partial charge in [-0.25, -0.2) is 0 Å². The zero-order valence-corrected chi connectivity index (χ0v) is 11.4. The highest BCUT2D eigenvalue weighted by Gasteiger charge is 2.01. The molecule has 0 saturated heterocycles. The van der Waals surface area contributed by atoms with Gasteiger partial charge in [0.05, 0.1) is 7.11 Å². The van der Waals surface area contributed by atoms with Crippen LogP contribution in [0.2, 0.25) is 0 Å². The van der Waals surface area contributed by atoms with Gasteiger partial charge in [-0.3, -0.25) is 0 Å². The van der Waals surface area contributed by atoms with Crippen LogP contribution in [0.4, 0.5) is 5.69 Å². The van der Waals surface area contributed by atoms with Crippen molar-refractivity contribution in [2.45, 2.75) is 0 Å². The van der Waals surface area contributed by atoms with Crippen molar-refractivity contribution >= 4 is 5.69 Å². The average molecular weight is 267 g/mol. The number of hydrogen-bond donors (Lipinski definition) is 1. The zero-order valence-electron chi connectivity index (χ0n) is 11.4. The van der Waals surface area contributed by atoms with Gasteiger partial charge in [-0.05, 0) is 30.3 Å². The van der Waals surface area contributed by atoms with Crippen LogP contribution in [0.3, 0.4) is 0 Å². The monoisotopic (exact) mass is 267 g/mol. The first-order chi connectivity index (χ1) is 9.83. The van der Waals surface area contributed by atoms with Gasteiger partial charge in [-0.1, -0.05) is 24.1 Å². The van der Waals surface area contributed by atoms with Crippen LogP contribution in [0.25, 0.3) is 0 Å². The topological polar surface area (TPSA) is 30.5 Å². The van der Waals surface area contributed by atoms with Crippen LogP contribution in [-0.2, 0) is 0 Å². The maximum absolute atomic E-state index is 5.68. The Morgan fingerprint density at radius 3 is 2.65 bits per heavy atom. The molecule has 2 aromatic rings. The number of para-hydroxylation sites is 2. The number of terminal acetylenes is 1. The number of benzene rings is 2. The second kappa shape index (κ2) is 7.10. The molecule has 20 heavy (non-hydrogen) atoms. The number of hydrogen-bond acceptors (Lipinski definition) is 3. The molecular weight excluding hydrogens is 250 g/mol. The summed E-state index contributed by atoms with van der Waals surface area (Å²) in [7, 11) is 1.63. The van der Waals surface area contributed by atoms with Crippen molar-refractivity contribution in [3.05, 3.63) is 54.1 Å². The highest BCUT2D eigenvalue weighted by Crippen LogP contribution is 2.25. The van der Waals surface area contributed by atoms with Gasteiger partial charge in [-0.15, -0.1) is 6.42 Å². The summed E-state index contributed by atoms with van der Waals surface area (Å²) < 4.78 is 10.9. The summed E-state index contributed by atoms with van der Waals surface area (Å²) in [6, 6.07) is 15.3. The number of ether oxygens (including phenoxy) is 2. The molecule has 0 spiro atoms. The first-order valence-electron chi connectivity index (χ1n) is 6.40. The smallest absolute Gasteiger partial charge is 0.161 e. The average Bonchev–Trinajstić information content (AvgIpc) is 2.52. The molecule has 0 aliphatic rings. The first-order valence-corrected chi connectivity index (χ1v) is 6.40. The summed E-state index contributed by atoms with van der Waals surface area (Å²) in [6.45, 7) is 1.23. The van der Waals surface area contributed by atoms with Crippen LogP contribution in [0, 0.1) is 12.3 Å². The molecule has 2 aromatic carbocycles. The van der Waals surface area contributed by atoms with E-state index in [9.17, 15) is 0 Å². The third-order valence-electron chi connectivity index (χ3n) is 2.79.